The monoisotopic (exact) mass is 207 g/mol. The van der Waals surface area contributed by atoms with Crippen molar-refractivity contribution < 1.29 is 0 Å². The third-order valence-electron chi connectivity index (χ3n) is 2.58. The van der Waals surface area contributed by atoms with E-state index in [4.69, 9.17) is 0 Å². The van der Waals surface area contributed by atoms with Crippen molar-refractivity contribution >= 4 is 17.4 Å². The van der Waals surface area contributed by atoms with E-state index in [1.807, 2.05) is 0 Å². The van der Waals surface area contributed by atoms with E-state index in [0.29, 0.717) is 6.04 Å². The lowest BCUT2D eigenvalue weighted by atomic mass is 10.1. The minimum atomic E-state index is 0.677. The van der Waals surface area contributed by atoms with E-state index in [-0.39, 0.29) is 0 Å². The van der Waals surface area contributed by atoms with E-state index in [1.165, 1.54) is 35.6 Å². The van der Waals surface area contributed by atoms with Gasteiger partial charge in [0.2, 0.25) is 0 Å². The molecular weight excluding hydrogens is 190 g/mol. The van der Waals surface area contributed by atoms with Crippen molar-refractivity contribution in [2.75, 3.05) is 16.8 Å². The zero-order valence-electron chi connectivity index (χ0n) is 8.62. The van der Waals surface area contributed by atoms with Crippen molar-refractivity contribution in [1.82, 2.24) is 0 Å². The maximum Gasteiger partial charge on any atom is 0.0352 e. The predicted octanol–water partition coefficient (Wildman–Crippen LogP) is 3.30. The lowest BCUT2D eigenvalue weighted by Crippen LogP contribution is -2.25. The fourth-order valence-corrected chi connectivity index (χ4v) is 2.81. The number of benzene rings is 1. The standard InChI is InChI=1S/C12H17NS/c1-10-4-6-11(7-5-10)13-12-3-2-8-14-9-12/h4-7,12-13H,2-3,8-9H2,1H3. The van der Waals surface area contributed by atoms with Crippen molar-refractivity contribution in [3.05, 3.63) is 29.8 Å². The molecule has 1 aliphatic rings. The summed E-state index contributed by atoms with van der Waals surface area (Å²) < 4.78 is 0. The highest BCUT2D eigenvalue weighted by atomic mass is 32.2. The number of aryl methyl sites for hydroxylation is 1. The van der Waals surface area contributed by atoms with Crippen LogP contribution in [0.25, 0.3) is 0 Å². The quantitative estimate of drug-likeness (QED) is 0.798. The molecule has 1 N–H and O–H groups in total. The van der Waals surface area contributed by atoms with Gasteiger partial charge in [-0.1, -0.05) is 17.7 Å². The van der Waals surface area contributed by atoms with Gasteiger partial charge in [-0.15, -0.1) is 0 Å². The largest absolute Gasteiger partial charge is 0.381 e. The number of anilines is 1. The van der Waals surface area contributed by atoms with Crippen molar-refractivity contribution in [3.63, 3.8) is 0 Å². The third-order valence-corrected chi connectivity index (χ3v) is 3.80. The van der Waals surface area contributed by atoms with Gasteiger partial charge in [0.25, 0.3) is 0 Å². The van der Waals surface area contributed by atoms with Crippen LogP contribution < -0.4 is 5.32 Å². The van der Waals surface area contributed by atoms with Gasteiger partial charge in [-0.25, -0.2) is 0 Å². The van der Waals surface area contributed by atoms with Crippen LogP contribution in [0.5, 0.6) is 0 Å². The molecule has 1 unspecified atom stereocenters. The first-order chi connectivity index (χ1) is 6.84. The van der Waals surface area contributed by atoms with Gasteiger partial charge in [0.15, 0.2) is 0 Å². The second kappa shape index (κ2) is 4.74. The Kier molecular flexibility index (Phi) is 3.35. The van der Waals surface area contributed by atoms with Crippen LogP contribution in [0.1, 0.15) is 18.4 Å². The van der Waals surface area contributed by atoms with Gasteiger partial charge in [-0.3, -0.25) is 0 Å². The van der Waals surface area contributed by atoms with Crippen LogP contribution >= 0.6 is 11.8 Å². The molecule has 2 heteroatoms. The van der Waals surface area contributed by atoms with Crippen LogP contribution in [0, 0.1) is 6.92 Å². The molecule has 0 aliphatic carbocycles. The zero-order valence-corrected chi connectivity index (χ0v) is 9.44. The van der Waals surface area contributed by atoms with Gasteiger partial charge in [0, 0.05) is 17.5 Å². The van der Waals surface area contributed by atoms with Gasteiger partial charge in [-0.2, -0.15) is 11.8 Å². The molecular formula is C12H17NS. The van der Waals surface area contributed by atoms with Crippen LogP contribution in [0.4, 0.5) is 5.69 Å². The summed E-state index contributed by atoms with van der Waals surface area (Å²) in [5, 5.41) is 3.59. The Bertz CT molecular complexity index is 275. The van der Waals surface area contributed by atoms with Crippen molar-refractivity contribution in [2.45, 2.75) is 25.8 Å². The molecule has 2 rings (SSSR count). The SMILES string of the molecule is Cc1ccc(NC2CCCSC2)cc1. The van der Waals surface area contributed by atoms with Crippen molar-refractivity contribution in [1.29, 1.82) is 0 Å². The first-order valence-corrected chi connectivity index (χ1v) is 6.41. The molecule has 0 aromatic heterocycles. The van der Waals surface area contributed by atoms with Crippen LogP contribution in [0.3, 0.4) is 0 Å². The van der Waals surface area contributed by atoms with Crippen LogP contribution in [0.15, 0.2) is 24.3 Å². The van der Waals surface area contributed by atoms with Crippen LogP contribution in [0.2, 0.25) is 0 Å². The lowest BCUT2D eigenvalue weighted by molar-refractivity contribution is 0.685. The average Bonchev–Trinajstić information content (AvgIpc) is 2.23. The summed E-state index contributed by atoms with van der Waals surface area (Å²) in [6, 6.07) is 9.36. The summed E-state index contributed by atoms with van der Waals surface area (Å²) in [5.41, 5.74) is 2.59. The molecule has 1 aliphatic heterocycles. The number of thioether (sulfide) groups is 1. The zero-order chi connectivity index (χ0) is 9.80. The normalized spacial score (nSPS) is 21.9. The Morgan fingerprint density at radius 1 is 1.29 bits per heavy atom. The predicted molar refractivity (Wildman–Crippen MR) is 65.1 cm³/mol. The van der Waals surface area contributed by atoms with E-state index < -0.39 is 0 Å². The van der Waals surface area contributed by atoms with E-state index in [1.54, 1.807) is 0 Å². The van der Waals surface area contributed by atoms with Gasteiger partial charge < -0.3 is 5.32 Å². The summed E-state index contributed by atoms with van der Waals surface area (Å²) in [6.45, 7) is 2.13. The van der Waals surface area contributed by atoms with E-state index >= 15 is 0 Å². The lowest BCUT2D eigenvalue weighted by Gasteiger charge is -2.23. The molecule has 1 saturated heterocycles. The topological polar surface area (TPSA) is 12.0 Å². The summed E-state index contributed by atoms with van der Waals surface area (Å²) in [6.07, 6.45) is 2.68. The van der Waals surface area contributed by atoms with E-state index in [0.717, 1.165) is 0 Å². The molecule has 1 heterocycles. The molecule has 1 nitrogen and oxygen atoms in total. The molecule has 1 fully saturated rings. The molecule has 0 amide bonds. The smallest absolute Gasteiger partial charge is 0.0352 e. The maximum atomic E-state index is 3.59. The van der Waals surface area contributed by atoms with Gasteiger partial charge >= 0.3 is 0 Å². The molecule has 0 bridgehead atoms. The highest BCUT2D eigenvalue weighted by molar-refractivity contribution is 7.99. The number of hydrogen-bond acceptors (Lipinski definition) is 2. The summed E-state index contributed by atoms with van der Waals surface area (Å²) in [5.74, 6) is 2.60. The molecule has 1 aromatic rings. The molecule has 0 spiro atoms. The highest BCUT2D eigenvalue weighted by Gasteiger charge is 2.12. The second-order valence-corrected chi connectivity index (χ2v) is 5.07. The van der Waals surface area contributed by atoms with Crippen molar-refractivity contribution in [2.24, 2.45) is 0 Å². The minimum absolute atomic E-state index is 0.677. The Labute approximate surface area is 90.3 Å². The first-order valence-electron chi connectivity index (χ1n) is 5.25. The minimum Gasteiger partial charge on any atom is -0.381 e. The van der Waals surface area contributed by atoms with Crippen molar-refractivity contribution in [3.8, 4) is 0 Å². The molecule has 0 saturated carbocycles. The van der Waals surface area contributed by atoms with E-state index in [9.17, 15) is 0 Å². The number of nitrogens with one attached hydrogen (secondary N) is 1. The van der Waals surface area contributed by atoms with Gasteiger partial charge in [0.1, 0.15) is 0 Å². The summed E-state index contributed by atoms with van der Waals surface area (Å²) in [7, 11) is 0. The molecule has 1 aromatic carbocycles. The Morgan fingerprint density at radius 3 is 2.71 bits per heavy atom. The number of rotatable bonds is 2. The van der Waals surface area contributed by atoms with E-state index in [2.05, 4.69) is 48.3 Å². The fraction of sp³-hybridized carbons (Fsp3) is 0.500. The summed E-state index contributed by atoms with van der Waals surface area (Å²) in [4.78, 5) is 0. The second-order valence-electron chi connectivity index (χ2n) is 3.92. The molecule has 1 atom stereocenters. The maximum absolute atomic E-state index is 3.59. The molecule has 0 radical (unpaired) electrons. The fourth-order valence-electron chi connectivity index (χ4n) is 1.74. The van der Waals surface area contributed by atoms with Gasteiger partial charge in [-0.05, 0) is 37.7 Å². The Balaban J connectivity index is 1.92. The first kappa shape index (κ1) is 9.91. The highest BCUT2D eigenvalue weighted by Crippen LogP contribution is 2.20. The van der Waals surface area contributed by atoms with Crippen LogP contribution in [-0.4, -0.2) is 17.5 Å². The molecule has 76 valence electrons. The average molecular weight is 207 g/mol. The van der Waals surface area contributed by atoms with Crippen LogP contribution in [-0.2, 0) is 0 Å². The Hall–Kier alpha value is -0.630. The van der Waals surface area contributed by atoms with Gasteiger partial charge in [0.05, 0.1) is 0 Å². The summed E-state index contributed by atoms with van der Waals surface area (Å²) >= 11 is 2.06. The number of hydrogen-bond donors (Lipinski definition) is 1. The Morgan fingerprint density at radius 2 is 2.07 bits per heavy atom. The third kappa shape index (κ3) is 2.68. The molecule has 14 heavy (non-hydrogen) atoms.